The number of rotatable bonds is 5. The summed E-state index contributed by atoms with van der Waals surface area (Å²) in [5.41, 5.74) is 3.98. The predicted molar refractivity (Wildman–Crippen MR) is 143 cm³/mol. The van der Waals surface area contributed by atoms with Crippen molar-refractivity contribution in [1.29, 1.82) is 0 Å². The van der Waals surface area contributed by atoms with E-state index in [2.05, 4.69) is 4.90 Å². The summed E-state index contributed by atoms with van der Waals surface area (Å²) in [6, 6.07) is 0.804. The summed E-state index contributed by atoms with van der Waals surface area (Å²) >= 11 is 0. The fourth-order valence-corrected chi connectivity index (χ4v) is 7.05. The molecule has 2 fully saturated rings. The summed E-state index contributed by atoms with van der Waals surface area (Å²) in [5.74, 6) is -6.39. The fraction of sp³-hybridized carbons (Fsp3) is 0.536. The molecule has 1 amide bonds. The van der Waals surface area contributed by atoms with Crippen LogP contribution in [0.15, 0.2) is 23.0 Å². The molecule has 1 heterocycles. The van der Waals surface area contributed by atoms with Gasteiger partial charge in [0.25, 0.3) is 5.91 Å². The van der Waals surface area contributed by atoms with Crippen LogP contribution in [0, 0.1) is 11.8 Å². The lowest BCUT2D eigenvalue weighted by Gasteiger charge is -2.50. The molecular formula is C28H36N4O7. The highest BCUT2D eigenvalue weighted by molar-refractivity contribution is 6.24. The first-order valence-corrected chi connectivity index (χ1v) is 13.2. The lowest BCUT2D eigenvalue weighted by Crippen LogP contribution is -2.65. The maximum absolute atomic E-state index is 14.0. The summed E-state index contributed by atoms with van der Waals surface area (Å²) in [7, 11) is 6.89. The molecule has 1 saturated carbocycles. The van der Waals surface area contributed by atoms with Gasteiger partial charge in [-0.2, -0.15) is 0 Å². The normalized spacial score (nSPS) is 29.0. The van der Waals surface area contributed by atoms with E-state index in [-0.39, 0.29) is 29.7 Å². The van der Waals surface area contributed by atoms with Crippen molar-refractivity contribution < 1.29 is 34.8 Å². The van der Waals surface area contributed by atoms with Crippen LogP contribution in [0.4, 0.5) is 5.69 Å². The van der Waals surface area contributed by atoms with Gasteiger partial charge in [-0.05, 0) is 70.4 Å². The highest BCUT2D eigenvalue weighted by Crippen LogP contribution is 2.54. The van der Waals surface area contributed by atoms with Crippen molar-refractivity contribution in [2.24, 2.45) is 17.6 Å². The highest BCUT2D eigenvalue weighted by atomic mass is 16.3. The number of phenols is 1. The second-order valence-electron chi connectivity index (χ2n) is 11.6. The number of likely N-dealkylation sites (N-methyl/N-ethyl adjacent to an activating group) is 1. The summed E-state index contributed by atoms with van der Waals surface area (Å²) in [6.07, 6.45) is 2.46. The topological polar surface area (TPSA) is 168 Å². The number of ketones is 2. The minimum absolute atomic E-state index is 0.0644. The Morgan fingerprint density at radius 3 is 2.33 bits per heavy atom. The highest BCUT2D eigenvalue weighted by Gasteiger charge is 2.64. The third-order valence-corrected chi connectivity index (χ3v) is 8.85. The van der Waals surface area contributed by atoms with E-state index in [1.165, 1.54) is 4.90 Å². The Bertz CT molecular complexity index is 1340. The van der Waals surface area contributed by atoms with Crippen molar-refractivity contribution >= 4 is 28.9 Å². The minimum Gasteiger partial charge on any atom is -0.508 e. The first kappa shape index (κ1) is 27.2. The molecule has 0 radical (unpaired) electrons. The fourth-order valence-electron chi connectivity index (χ4n) is 7.05. The zero-order chi connectivity index (χ0) is 28.5. The summed E-state index contributed by atoms with van der Waals surface area (Å²) in [4.78, 5) is 45.0. The standard InChI is InChI=1S/C28H36N4O7/c1-30(2)17-11-14(12-32-7-5-6-8-32)22(33)19-15(17)9-13-10-16-21(31(3)4)24(35)20(27(29)38)26(37)28(16,39)25(36)18(13)23(19)34/h11,13,16,21,33-34,37,39H,5-10,12H2,1-4H3,(H2,29,38)/t13-,16-,21?,28-/m1/s1. The average molecular weight is 541 g/mol. The van der Waals surface area contributed by atoms with E-state index in [0.717, 1.165) is 31.6 Å². The number of hydrogen-bond acceptors (Lipinski definition) is 10. The number of carbonyl (C=O) groups is 3. The van der Waals surface area contributed by atoms with Gasteiger partial charge in [0, 0.05) is 43.4 Å². The van der Waals surface area contributed by atoms with Gasteiger partial charge in [-0.1, -0.05) is 0 Å². The number of benzene rings is 1. The summed E-state index contributed by atoms with van der Waals surface area (Å²) in [5, 5.41) is 45.7. The largest absolute Gasteiger partial charge is 0.508 e. The zero-order valence-corrected chi connectivity index (χ0v) is 22.7. The Balaban J connectivity index is 1.71. The van der Waals surface area contributed by atoms with Crippen molar-refractivity contribution in [1.82, 2.24) is 9.80 Å². The number of carbonyl (C=O) groups excluding carboxylic acids is 3. The molecule has 5 rings (SSSR count). The van der Waals surface area contributed by atoms with Crippen LogP contribution in [0.1, 0.15) is 36.0 Å². The second kappa shape index (κ2) is 9.35. The van der Waals surface area contributed by atoms with Crippen molar-refractivity contribution in [2.45, 2.75) is 43.9 Å². The van der Waals surface area contributed by atoms with Crippen LogP contribution >= 0.6 is 0 Å². The van der Waals surface area contributed by atoms with Crippen molar-refractivity contribution in [2.75, 3.05) is 46.2 Å². The maximum Gasteiger partial charge on any atom is 0.255 e. The molecule has 3 aliphatic carbocycles. The van der Waals surface area contributed by atoms with Crippen LogP contribution in [-0.4, -0.2) is 101 Å². The molecule has 11 heteroatoms. The van der Waals surface area contributed by atoms with E-state index in [0.29, 0.717) is 17.7 Å². The number of aromatic hydroxyl groups is 1. The quantitative estimate of drug-likeness (QED) is 0.334. The predicted octanol–water partition coefficient (Wildman–Crippen LogP) is 0.626. The molecule has 39 heavy (non-hydrogen) atoms. The van der Waals surface area contributed by atoms with Gasteiger partial charge >= 0.3 is 0 Å². The molecule has 0 spiro atoms. The number of anilines is 1. The van der Waals surface area contributed by atoms with Gasteiger partial charge in [-0.25, -0.2) is 0 Å². The number of nitrogens with zero attached hydrogens (tertiary/aromatic N) is 3. The van der Waals surface area contributed by atoms with Gasteiger partial charge < -0.3 is 31.1 Å². The van der Waals surface area contributed by atoms with Gasteiger partial charge in [-0.3, -0.25) is 24.2 Å². The van der Waals surface area contributed by atoms with Crippen LogP contribution in [0.3, 0.4) is 0 Å². The van der Waals surface area contributed by atoms with E-state index in [9.17, 15) is 34.8 Å². The van der Waals surface area contributed by atoms with Gasteiger partial charge in [0.15, 0.2) is 11.4 Å². The van der Waals surface area contributed by atoms with E-state index in [4.69, 9.17) is 5.73 Å². The number of aliphatic hydroxyl groups excluding tert-OH is 2. The van der Waals surface area contributed by atoms with Crippen LogP contribution < -0.4 is 10.6 Å². The molecule has 1 aliphatic heterocycles. The smallest absolute Gasteiger partial charge is 0.255 e. The number of fused-ring (bicyclic) bond motifs is 3. The molecule has 1 aromatic carbocycles. The number of likely N-dealkylation sites (tertiary alicyclic amines) is 1. The summed E-state index contributed by atoms with van der Waals surface area (Å²) in [6.45, 7) is 2.27. The van der Waals surface area contributed by atoms with Crippen LogP contribution in [0.5, 0.6) is 5.75 Å². The molecule has 210 valence electrons. The van der Waals surface area contributed by atoms with Gasteiger partial charge in [0.2, 0.25) is 5.78 Å². The first-order valence-electron chi connectivity index (χ1n) is 13.2. The number of nitrogens with two attached hydrogens (primary N) is 1. The lowest BCUT2D eigenvalue weighted by molar-refractivity contribution is -0.153. The first-order chi connectivity index (χ1) is 18.3. The van der Waals surface area contributed by atoms with Crippen LogP contribution in [0.2, 0.25) is 0 Å². The van der Waals surface area contributed by atoms with E-state index in [1.54, 1.807) is 14.1 Å². The Morgan fingerprint density at radius 2 is 1.77 bits per heavy atom. The molecular weight excluding hydrogens is 504 g/mol. The van der Waals surface area contributed by atoms with Gasteiger partial charge in [0.05, 0.1) is 11.6 Å². The monoisotopic (exact) mass is 540 g/mol. The van der Waals surface area contributed by atoms with Gasteiger partial charge in [-0.15, -0.1) is 0 Å². The Morgan fingerprint density at radius 1 is 1.13 bits per heavy atom. The van der Waals surface area contributed by atoms with Crippen molar-refractivity contribution in [3.8, 4) is 5.75 Å². The molecule has 11 nitrogen and oxygen atoms in total. The third-order valence-electron chi connectivity index (χ3n) is 8.85. The molecule has 1 aromatic rings. The molecule has 4 atom stereocenters. The molecule has 0 bridgehead atoms. The Labute approximate surface area is 226 Å². The number of aliphatic hydroxyl groups is 3. The lowest BCUT2D eigenvalue weighted by atomic mass is 9.57. The van der Waals surface area contributed by atoms with Gasteiger partial charge in [0.1, 0.15) is 22.8 Å². The maximum atomic E-state index is 14.0. The molecule has 1 saturated heterocycles. The Kier molecular flexibility index (Phi) is 6.52. The molecule has 1 unspecified atom stereocenters. The number of primary amides is 1. The zero-order valence-electron chi connectivity index (χ0n) is 22.7. The van der Waals surface area contributed by atoms with Crippen LogP contribution in [0.25, 0.3) is 5.76 Å². The molecule has 6 N–H and O–H groups in total. The second-order valence-corrected chi connectivity index (χ2v) is 11.6. The van der Waals surface area contributed by atoms with E-state index in [1.807, 2.05) is 25.1 Å². The van der Waals surface area contributed by atoms with E-state index >= 15 is 0 Å². The number of Topliss-reactive ketones (excluding diaryl/α,β-unsaturated/α-hetero) is 2. The van der Waals surface area contributed by atoms with E-state index < -0.39 is 58.0 Å². The number of phenolic OH excluding ortho intramolecular Hbond substituents is 1. The minimum atomic E-state index is -2.64. The molecule has 0 aromatic heterocycles. The third kappa shape index (κ3) is 3.86. The molecule has 4 aliphatic rings. The summed E-state index contributed by atoms with van der Waals surface area (Å²) < 4.78 is 0. The van der Waals surface area contributed by atoms with Crippen LogP contribution in [-0.2, 0) is 27.3 Å². The number of hydrogen-bond donors (Lipinski definition) is 5. The SMILES string of the molecule is CN(C)c1cc(CN2CCCC2)c(O)c2c1C[C@@H]1C[C@@H]3C(N(C)C)C(=O)C(C(N)=O)=C(O)[C@]3(O)C(=O)C1=C2O. The average Bonchev–Trinajstić information content (AvgIpc) is 3.35. The van der Waals surface area contributed by atoms with Crippen molar-refractivity contribution in [3.05, 3.63) is 39.7 Å². The number of amides is 1. The Hall–Kier alpha value is -3.41. The van der Waals surface area contributed by atoms with Crippen molar-refractivity contribution in [3.63, 3.8) is 0 Å².